The highest BCUT2D eigenvalue weighted by atomic mass is 16.4. The average Bonchev–Trinajstić information content (AvgIpc) is 2.61. The topological polar surface area (TPSA) is 34.1 Å². The summed E-state index contributed by atoms with van der Waals surface area (Å²) >= 11 is 0. The molecule has 0 saturated heterocycles. The molecule has 4 rings (SSSR count). The first-order valence-corrected chi connectivity index (χ1v) is 8.30. The molecule has 0 amide bonds. The Bertz CT molecular complexity index is 1210. The van der Waals surface area contributed by atoms with Crippen LogP contribution in [0.2, 0.25) is 0 Å². The van der Waals surface area contributed by atoms with Gasteiger partial charge in [0.05, 0.1) is 5.56 Å². The molecule has 1 aromatic carbocycles. The average molecular weight is 338 g/mol. The molecule has 1 aliphatic carbocycles. The van der Waals surface area contributed by atoms with Gasteiger partial charge in [0.2, 0.25) is 5.69 Å². The van der Waals surface area contributed by atoms with Crippen molar-refractivity contribution in [1.82, 2.24) is 0 Å². The van der Waals surface area contributed by atoms with Gasteiger partial charge < -0.3 is 4.42 Å². The Morgan fingerprint density at radius 3 is 2.92 bits per heavy atom. The van der Waals surface area contributed by atoms with Gasteiger partial charge >= 0.3 is 5.63 Å². The number of fused-ring (bicyclic) bond motifs is 2. The Hall–Kier alpha value is -3.64. The number of rotatable bonds is 2. The number of hydrogen-bond donors (Lipinski definition) is 0. The SMILES string of the molecule is C[n+]1ccccc1C=Cc1cc2cc3c(cc2oc1=O)C#CC=CC=C3. The van der Waals surface area contributed by atoms with E-state index in [4.69, 9.17) is 4.42 Å². The van der Waals surface area contributed by atoms with Crippen LogP contribution in [0.15, 0.2) is 70.0 Å². The van der Waals surface area contributed by atoms with Crippen molar-refractivity contribution < 1.29 is 8.98 Å². The van der Waals surface area contributed by atoms with Gasteiger partial charge in [-0.3, -0.25) is 0 Å². The van der Waals surface area contributed by atoms with Crippen molar-refractivity contribution in [3.8, 4) is 11.8 Å². The fourth-order valence-electron chi connectivity index (χ4n) is 2.83. The summed E-state index contributed by atoms with van der Waals surface area (Å²) in [5.41, 5.74) is 3.55. The summed E-state index contributed by atoms with van der Waals surface area (Å²) in [4.78, 5) is 12.3. The lowest BCUT2D eigenvalue weighted by molar-refractivity contribution is -0.673. The lowest BCUT2D eigenvalue weighted by Gasteiger charge is -2.04. The van der Waals surface area contributed by atoms with E-state index in [1.165, 1.54) is 0 Å². The zero-order valence-corrected chi connectivity index (χ0v) is 14.3. The Morgan fingerprint density at radius 2 is 2.04 bits per heavy atom. The molecule has 0 atom stereocenters. The summed E-state index contributed by atoms with van der Waals surface area (Å²) in [6.45, 7) is 0. The van der Waals surface area contributed by atoms with Crippen LogP contribution < -0.4 is 10.2 Å². The predicted octanol–water partition coefficient (Wildman–Crippen LogP) is 3.72. The molecule has 3 nitrogen and oxygen atoms in total. The van der Waals surface area contributed by atoms with Gasteiger partial charge in [-0.2, -0.15) is 0 Å². The van der Waals surface area contributed by atoms with E-state index in [0.29, 0.717) is 11.1 Å². The van der Waals surface area contributed by atoms with Crippen molar-refractivity contribution in [1.29, 1.82) is 0 Å². The fourth-order valence-corrected chi connectivity index (χ4v) is 2.83. The molecule has 3 heteroatoms. The Morgan fingerprint density at radius 1 is 1.12 bits per heavy atom. The van der Waals surface area contributed by atoms with Crippen LogP contribution in [0.5, 0.6) is 0 Å². The van der Waals surface area contributed by atoms with Gasteiger partial charge in [0, 0.05) is 29.2 Å². The van der Waals surface area contributed by atoms with Gasteiger partial charge in [-0.1, -0.05) is 30.1 Å². The van der Waals surface area contributed by atoms with Gasteiger partial charge in [-0.05, 0) is 42.0 Å². The molecule has 2 heterocycles. The highest BCUT2D eigenvalue weighted by molar-refractivity contribution is 5.85. The molecule has 1 aliphatic rings. The highest BCUT2D eigenvalue weighted by Crippen LogP contribution is 2.22. The van der Waals surface area contributed by atoms with E-state index in [-0.39, 0.29) is 5.63 Å². The fraction of sp³-hybridized carbons (Fsp3) is 0.0435. The Kier molecular flexibility index (Phi) is 4.09. The molecule has 0 saturated carbocycles. The number of benzene rings is 1. The summed E-state index contributed by atoms with van der Waals surface area (Å²) in [5, 5.41) is 0.872. The smallest absolute Gasteiger partial charge is 0.343 e. The van der Waals surface area contributed by atoms with Crippen molar-refractivity contribution in [2.75, 3.05) is 0 Å². The molecule has 0 spiro atoms. The summed E-state index contributed by atoms with van der Waals surface area (Å²) in [7, 11) is 1.96. The van der Waals surface area contributed by atoms with Gasteiger partial charge in [0.25, 0.3) is 0 Å². The standard InChI is InChI=1S/C23H16NO2/c1-24-13-7-6-10-21(24)12-11-19-15-20-14-17-8-4-2-3-5-9-18(17)16-22(20)26-23(19)25/h2-4,6-8,10-16H,1H3/q+1. The van der Waals surface area contributed by atoms with Crippen molar-refractivity contribution in [3.63, 3.8) is 0 Å². The van der Waals surface area contributed by atoms with Crippen LogP contribution in [0, 0.1) is 11.8 Å². The number of nitrogens with zero attached hydrogens (tertiary/aromatic N) is 1. The van der Waals surface area contributed by atoms with Crippen molar-refractivity contribution >= 4 is 29.2 Å². The molecule has 0 aliphatic heterocycles. The summed E-state index contributed by atoms with van der Waals surface area (Å²) in [5.74, 6) is 6.04. The number of aryl methyl sites for hydroxylation is 1. The van der Waals surface area contributed by atoms with Crippen LogP contribution >= 0.6 is 0 Å². The molecule has 0 radical (unpaired) electrons. The third-order valence-corrected chi connectivity index (χ3v) is 4.23. The van der Waals surface area contributed by atoms with Crippen LogP contribution in [0.4, 0.5) is 0 Å². The molecule has 0 fully saturated rings. The van der Waals surface area contributed by atoms with Gasteiger partial charge in [0.15, 0.2) is 6.20 Å². The monoisotopic (exact) mass is 338 g/mol. The first kappa shape index (κ1) is 15.9. The van der Waals surface area contributed by atoms with E-state index in [9.17, 15) is 4.79 Å². The van der Waals surface area contributed by atoms with Crippen molar-refractivity contribution in [3.05, 3.63) is 93.6 Å². The minimum atomic E-state index is -0.360. The predicted molar refractivity (Wildman–Crippen MR) is 104 cm³/mol. The van der Waals surface area contributed by atoms with E-state index in [1.54, 1.807) is 12.2 Å². The number of hydrogen-bond acceptors (Lipinski definition) is 2. The van der Waals surface area contributed by atoms with Gasteiger partial charge in [-0.15, -0.1) is 0 Å². The lowest BCUT2D eigenvalue weighted by atomic mass is 10.0. The third kappa shape index (κ3) is 3.13. The Labute approximate surface area is 151 Å². The van der Waals surface area contributed by atoms with Crippen LogP contribution in [-0.2, 0) is 7.05 Å². The lowest BCUT2D eigenvalue weighted by Crippen LogP contribution is -2.30. The molecule has 0 unspecified atom stereocenters. The van der Waals surface area contributed by atoms with E-state index in [1.807, 2.05) is 78.5 Å². The molecule has 124 valence electrons. The summed E-state index contributed by atoms with van der Waals surface area (Å²) in [6.07, 6.45) is 13.3. The van der Waals surface area contributed by atoms with Crippen LogP contribution in [0.1, 0.15) is 22.4 Å². The molecular weight excluding hydrogens is 322 g/mol. The van der Waals surface area contributed by atoms with Crippen LogP contribution in [0.25, 0.3) is 29.2 Å². The summed E-state index contributed by atoms with van der Waals surface area (Å²) in [6, 6.07) is 11.6. The maximum Gasteiger partial charge on any atom is 0.343 e. The minimum absolute atomic E-state index is 0.360. The first-order valence-electron chi connectivity index (χ1n) is 8.30. The zero-order valence-electron chi connectivity index (χ0n) is 14.3. The quantitative estimate of drug-likeness (QED) is 0.405. The van der Waals surface area contributed by atoms with Crippen molar-refractivity contribution in [2.45, 2.75) is 0 Å². The van der Waals surface area contributed by atoms with E-state index >= 15 is 0 Å². The van der Waals surface area contributed by atoms with Crippen molar-refractivity contribution in [2.24, 2.45) is 7.05 Å². The second-order valence-electron chi connectivity index (χ2n) is 6.02. The van der Waals surface area contributed by atoms with Crippen LogP contribution in [0.3, 0.4) is 0 Å². The van der Waals surface area contributed by atoms with E-state index in [2.05, 4.69) is 11.8 Å². The largest absolute Gasteiger partial charge is 0.422 e. The first-order chi connectivity index (χ1) is 12.7. The molecule has 3 aromatic rings. The number of pyridine rings is 1. The molecule has 2 aromatic heterocycles. The highest BCUT2D eigenvalue weighted by Gasteiger charge is 2.08. The zero-order chi connectivity index (χ0) is 17.9. The molecule has 26 heavy (non-hydrogen) atoms. The molecule has 0 N–H and O–H groups in total. The van der Waals surface area contributed by atoms with Gasteiger partial charge in [-0.25, -0.2) is 9.36 Å². The molecular formula is C23H16NO2+. The second-order valence-corrected chi connectivity index (χ2v) is 6.02. The Balaban J connectivity index is 1.81. The minimum Gasteiger partial charge on any atom is -0.422 e. The van der Waals surface area contributed by atoms with E-state index in [0.717, 1.165) is 22.2 Å². The maximum atomic E-state index is 12.3. The van der Waals surface area contributed by atoms with Gasteiger partial charge in [0.1, 0.15) is 12.6 Å². The van der Waals surface area contributed by atoms with E-state index < -0.39 is 0 Å². The molecule has 0 bridgehead atoms. The number of allylic oxidation sites excluding steroid dienone is 3. The maximum absolute atomic E-state index is 12.3. The van der Waals surface area contributed by atoms with Crippen LogP contribution in [-0.4, -0.2) is 0 Å². The summed E-state index contributed by atoms with van der Waals surface area (Å²) < 4.78 is 7.51. The normalized spacial score (nSPS) is 12.5. The third-order valence-electron chi connectivity index (χ3n) is 4.23. The second kappa shape index (κ2) is 6.70. The number of aromatic nitrogens is 1.